The standard InChI is InChI=1S/C21H19FN2O3/c1-27-21(26)12-2-6-15(7-3-12)23-20(25)13-4-8-18-16(10-13)17-11-14(22)5-9-19(17)24-18/h2-3,5-7,9,11,13,24H,4,8,10H2,1H3,(H,23,25). The van der Waals surface area contributed by atoms with E-state index in [1.54, 1.807) is 30.3 Å². The second kappa shape index (κ2) is 6.87. The van der Waals surface area contributed by atoms with Crippen LogP contribution in [0.15, 0.2) is 42.5 Å². The zero-order valence-electron chi connectivity index (χ0n) is 14.8. The van der Waals surface area contributed by atoms with Gasteiger partial charge in [-0.25, -0.2) is 9.18 Å². The van der Waals surface area contributed by atoms with Gasteiger partial charge in [-0.15, -0.1) is 0 Å². The van der Waals surface area contributed by atoms with E-state index in [1.165, 1.54) is 19.2 Å². The number of esters is 1. The van der Waals surface area contributed by atoms with Crippen LogP contribution >= 0.6 is 0 Å². The summed E-state index contributed by atoms with van der Waals surface area (Å²) >= 11 is 0. The Morgan fingerprint density at radius 3 is 2.70 bits per heavy atom. The van der Waals surface area contributed by atoms with Gasteiger partial charge in [0, 0.05) is 28.2 Å². The number of halogens is 1. The number of ether oxygens (including phenoxy) is 1. The van der Waals surface area contributed by atoms with Crippen LogP contribution in [-0.2, 0) is 22.4 Å². The molecule has 1 aliphatic rings. The summed E-state index contributed by atoms with van der Waals surface area (Å²) in [6, 6.07) is 11.3. The van der Waals surface area contributed by atoms with Crippen molar-refractivity contribution in [3.8, 4) is 0 Å². The molecule has 27 heavy (non-hydrogen) atoms. The highest BCUT2D eigenvalue weighted by molar-refractivity contribution is 5.95. The molecule has 0 saturated heterocycles. The van der Waals surface area contributed by atoms with Crippen LogP contribution in [0.3, 0.4) is 0 Å². The molecule has 1 atom stereocenters. The number of anilines is 1. The Balaban J connectivity index is 1.50. The zero-order valence-corrected chi connectivity index (χ0v) is 14.8. The van der Waals surface area contributed by atoms with Crippen LogP contribution in [0.1, 0.15) is 28.0 Å². The maximum Gasteiger partial charge on any atom is 0.337 e. The van der Waals surface area contributed by atoms with Crippen LogP contribution in [0.4, 0.5) is 10.1 Å². The minimum absolute atomic E-state index is 0.0720. The number of methoxy groups -OCH3 is 1. The van der Waals surface area contributed by atoms with Crippen molar-refractivity contribution in [2.24, 2.45) is 5.92 Å². The number of aromatic amines is 1. The molecular formula is C21H19FN2O3. The number of carbonyl (C=O) groups is 2. The van der Waals surface area contributed by atoms with E-state index in [0.29, 0.717) is 17.7 Å². The molecule has 4 rings (SSSR count). The molecule has 138 valence electrons. The van der Waals surface area contributed by atoms with Crippen molar-refractivity contribution >= 4 is 28.5 Å². The summed E-state index contributed by atoms with van der Waals surface area (Å²) in [6.07, 6.45) is 2.06. The van der Waals surface area contributed by atoms with Crippen molar-refractivity contribution < 1.29 is 18.7 Å². The van der Waals surface area contributed by atoms with Crippen molar-refractivity contribution in [2.45, 2.75) is 19.3 Å². The number of fused-ring (bicyclic) bond motifs is 3. The number of aryl methyl sites for hydroxylation is 1. The van der Waals surface area contributed by atoms with Crippen LogP contribution in [0.5, 0.6) is 0 Å². The molecule has 1 heterocycles. The van der Waals surface area contributed by atoms with Gasteiger partial charge in [-0.05, 0) is 67.3 Å². The van der Waals surface area contributed by atoms with E-state index in [-0.39, 0.29) is 17.6 Å². The Kier molecular flexibility index (Phi) is 4.39. The molecule has 1 aromatic heterocycles. The van der Waals surface area contributed by atoms with Crippen LogP contribution in [0.25, 0.3) is 10.9 Å². The second-order valence-corrected chi connectivity index (χ2v) is 6.77. The number of amides is 1. The Morgan fingerprint density at radius 2 is 1.96 bits per heavy atom. The van der Waals surface area contributed by atoms with Gasteiger partial charge in [0.15, 0.2) is 0 Å². The molecule has 0 saturated carbocycles. The summed E-state index contributed by atoms with van der Waals surface area (Å²) in [7, 11) is 1.33. The first-order valence-corrected chi connectivity index (χ1v) is 8.83. The Hall–Kier alpha value is -3.15. The van der Waals surface area contributed by atoms with Gasteiger partial charge in [0.25, 0.3) is 0 Å². The lowest BCUT2D eigenvalue weighted by molar-refractivity contribution is -0.120. The fraction of sp³-hybridized carbons (Fsp3) is 0.238. The Morgan fingerprint density at radius 1 is 1.19 bits per heavy atom. The molecule has 2 aromatic carbocycles. The van der Waals surface area contributed by atoms with Crippen molar-refractivity contribution in [3.63, 3.8) is 0 Å². The zero-order chi connectivity index (χ0) is 19.0. The minimum atomic E-state index is -0.417. The maximum absolute atomic E-state index is 13.6. The molecule has 1 aliphatic carbocycles. The van der Waals surface area contributed by atoms with E-state index in [0.717, 1.165) is 35.0 Å². The van der Waals surface area contributed by atoms with Gasteiger partial charge >= 0.3 is 5.97 Å². The number of benzene rings is 2. The number of aromatic nitrogens is 1. The van der Waals surface area contributed by atoms with Gasteiger partial charge in [0.2, 0.25) is 5.91 Å². The number of H-pyrrole nitrogens is 1. The topological polar surface area (TPSA) is 71.2 Å². The summed E-state index contributed by atoms with van der Waals surface area (Å²) in [4.78, 5) is 27.5. The van der Waals surface area contributed by atoms with Crippen LogP contribution in [-0.4, -0.2) is 24.0 Å². The number of carbonyl (C=O) groups excluding carboxylic acids is 2. The third-order valence-electron chi connectivity index (χ3n) is 5.09. The third-order valence-corrected chi connectivity index (χ3v) is 5.09. The maximum atomic E-state index is 13.6. The van der Waals surface area contributed by atoms with Crippen LogP contribution in [0, 0.1) is 11.7 Å². The fourth-order valence-corrected chi connectivity index (χ4v) is 3.66. The van der Waals surface area contributed by atoms with Gasteiger partial charge in [0.1, 0.15) is 5.82 Å². The highest BCUT2D eigenvalue weighted by Gasteiger charge is 2.27. The van der Waals surface area contributed by atoms with Gasteiger partial charge in [0.05, 0.1) is 12.7 Å². The molecule has 6 heteroatoms. The second-order valence-electron chi connectivity index (χ2n) is 6.77. The Labute approximate surface area is 155 Å². The van der Waals surface area contributed by atoms with Gasteiger partial charge < -0.3 is 15.0 Å². The van der Waals surface area contributed by atoms with Crippen LogP contribution < -0.4 is 5.32 Å². The molecule has 2 N–H and O–H groups in total. The van der Waals surface area contributed by atoms with Gasteiger partial charge in [-0.2, -0.15) is 0 Å². The lowest BCUT2D eigenvalue weighted by Gasteiger charge is -2.22. The molecular weight excluding hydrogens is 347 g/mol. The predicted octanol–water partition coefficient (Wildman–Crippen LogP) is 3.84. The summed E-state index contributed by atoms with van der Waals surface area (Å²) in [6.45, 7) is 0. The van der Waals surface area contributed by atoms with Crippen LogP contribution in [0.2, 0.25) is 0 Å². The average Bonchev–Trinajstić information content (AvgIpc) is 3.05. The van der Waals surface area contributed by atoms with Gasteiger partial charge in [-0.1, -0.05) is 0 Å². The smallest absolute Gasteiger partial charge is 0.337 e. The lowest BCUT2D eigenvalue weighted by atomic mass is 9.85. The lowest BCUT2D eigenvalue weighted by Crippen LogP contribution is -2.28. The number of hydrogen-bond acceptors (Lipinski definition) is 3. The summed E-state index contributed by atoms with van der Waals surface area (Å²) in [5.74, 6) is -0.946. The molecule has 0 radical (unpaired) electrons. The number of nitrogens with one attached hydrogen (secondary N) is 2. The van der Waals surface area contributed by atoms with E-state index in [1.807, 2.05) is 0 Å². The third kappa shape index (κ3) is 3.30. The Bertz CT molecular complexity index is 1020. The van der Waals surface area contributed by atoms with Crippen molar-refractivity contribution in [1.82, 2.24) is 4.98 Å². The first-order valence-electron chi connectivity index (χ1n) is 8.83. The summed E-state index contributed by atoms with van der Waals surface area (Å²) in [5, 5.41) is 3.75. The number of hydrogen-bond donors (Lipinski definition) is 2. The molecule has 0 aliphatic heterocycles. The monoisotopic (exact) mass is 366 g/mol. The largest absolute Gasteiger partial charge is 0.465 e. The van der Waals surface area contributed by atoms with Crippen molar-refractivity contribution in [2.75, 3.05) is 12.4 Å². The van der Waals surface area contributed by atoms with Crippen molar-refractivity contribution in [3.05, 3.63) is 65.1 Å². The van der Waals surface area contributed by atoms with E-state index in [2.05, 4.69) is 15.0 Å². The molecule has 0 spiro atoms. The highest BCUT2D eigenvalue weighted by Crippen LogP contribution is 2.32. The summed E-state index contributed by atoms with van der Waals surface area (Å²) < 4.78 is 18.3. The molecule has 0 bridgehead atoms. The molecule has 0 fully saturated rings. The SMILES string of the molecule is COC(=O)c1ccc(NC(=O)C2CCc3[nH]c4ccc(F)cc4c3C2)cc1. The predicted molar refractivity (Wildman–Crippen MR) is 100 cm³/mol. The average molecular weight is 366 g/mol. The quantitative estimate of drug-likeness (QED) is 0.692. The minimum Gasteiger partial charge on any atom is -0.465 e. The highest BCUT2D eigenvalue weighted by atomic mass is 19.1. The van der Waals surface area contributed by atoms with E-state index < -0.39 is 5.97 Å². The first-order chi connectivity index (χ1) is 13.0. The molecule has 1 amide bonds. The van der Waals surface area contributed by atoms with Crippen molar-refractivity contribution in [1.29, 1.82) is 0 Å². The fourth-order valence-electron chi connectivity index (χ4n) is 3.66. The molecule has 1 unspecified atom stereocenters. The van der Waals surface area contributed by atoms with Gasteiger partial charge in [-0.3, -0.25) is 4.79 Å². The number of rotatable bonds is 3. The summed E-state index contributed by atoms with van der Waals surface area (Å²) in [5.41, 5.74) is 4.07. The van der Waals surface area contributed by atoms with E-state index in [9.17, 15) is 14.0 Å². The first kappa shape index (κ1) is 17.3. The molecule has 5 nitrogen and oxygen atoms in total. The molecule has 3 aromatic rings. The van der Waals surface area contributed by atoms with E-state index >= 15 is 0 Å². The normalized spacial score (nSPS) is 16.0. The van der Waals surface area contributed by atoms with E-state index in [4.69, 9.17) is 0 Å².